The predicted octanol–water partition coefficient (Wildman–Crippen LogP) is 23.7. The maximum atomic E-state index is 12.9. The fourth-order valence-electron chi connectivity index (χ4n) is 10.3. The van der Waals surface area contributed by atoms with Gasteiger partial charge in [-0.05, 0) is 103 Å². The Balaban J connectivity index is 4.30. The molecule has 0 aromatic rings. The lowest BCUT2D eigenvalue weighted by Crippen LogP contribution is -2.30. The fraction of sp³-hybridized carbons (Fsp3) is 0.847. The number of carbonyl (C=O) groups is 3. The molecule has 6 nitrogen and oxygen atoms in total. The summed E-state index contributed by atoms with van der Waals surface area (Å²) < 4.78 is 17.0. The van der Waals surface area contributed by atoms with Crippen molar-refractivity contribution in [2.45, 2.75) is 380 Å². The molecule has 0 rings (SSSR count). The standard InChI is InChI=1S/C72H132O6/c1-4-7-10-13-16-19-22-25-28-31-33-34-35-36-37-38-40-41-44-47-50-53-56-59-62-65-71(74)77-68-69(67-76-70(73)64-61-58-55-52-49-46-43-30-27-24-21-18-15-12-9-6-3)78-72(75)66-63-60-57-54-51-48-45-42-39-32-29-26-23-20-17-14-11-8-5-2/h17,20,26,29-31,33,43,69H,4-16,18-19,21-25,27-28,32,34-42,44-68H2,1-3H3/b20-17-,29-26-,33-31-,43-30-. The van der Waals surface area contributed by atoms with Crippen molar-refractivity contribution < 1.29 is 28.6 Å². The molecule has 0 amide bonds. The van der Waals surface area contributed by atoms with E-state index in [1.165, 1.54) is 263 Å². The number of esters is 3. The number of carbonyl (C=O) groups excluding carboxylic acids is 3. The molecule has 456 valence electrons. The van der Waals surface area contributed by atoms with Gasteiger partial charge in [0, 0.05) is 19.3 Å². The highest BCUT2D eigenvalue weighted by molar-refractivity contribution is 5.71. The van der Waals surface area contributed by atoms with Crippen LogP contribution in [0, 0.1) is 0 Å². The van der Waals surface area contributed by atoms with Crippen molar-refractivity contribution in [3.63, 3.8) is 0 Å². The normalized spacial score (nSPS) is 12.3. The van der Waals surface area contributed by atoms with E-state index in [9.17, 15) is 14.4 Å². The topological polar surface area (TPSA) is 78.9 Å². The first-order valence-electron chi connectivity index (χ1n) is 34.6. The summed E-state index contributed by atoms with van der Waals surface area (Å²) in [5.74, 6) is -0.864. The summed E-state index contributed by atoms with van der Waals surface area (Å²) in [6.07, 6.45) is 84.1. The molecule has 0 fully saturated rings. The van der Waals surface area contributed by atoms with Crippen molar-refractivity contribution in [3.8, 4) is 0 Å². The van der Waals surface area contributed by atoms with E-state index in [0.717, 1.165) is 70.6 Å². The molecule has 0 N–H and O–H groups in total. The van der Waals surface area contributed by atoms with Gasteiger partial charge in [0.25, 0.3) is 0 Å². The van der Waals surface area contributed by atoms with E-state index in [2.05, 4.69) is 69.4 Å². The molecule has 0 spiro atoms. The van der Waals surface area contributed by atoms with E-state index in [-0.39, 0.29) is 31.1 Å². The minimum absolute atomic E-state index is 0.0744. The van der Waals surface area contributed by atoms with Crippen LogP contribution in [0.15, 0.2) is 48.6 Å². The minimum atomic E-state index is -0.779. The molecule has 0 bridgehead atoms. The van der Waals surface area contributed by atoms with Gasteiger partial charge in [-0.1, -0.05) is 301 Å². The minimum Gasteiger partial charge on any atom is -0.462 e. The quantitative estimate of drug-likeness (QED) is 0.0261. The maximum Gasteiger partial charge on any atom is 0.306 e. The van der Waals surface area contributed by atoms with Crippen molar-refractivity contribution >= 4 is 17.9 Å². The molecule has 0 radical (unpaired) electrons. The molecule has 0 aromatic heterocycles. The summed E-state index contributed by atoms with van der Waals surface area (Å²) in [5.41, 5.74) is 0. The summed E-state index contributed by atoms with van der Waals surface area (Å²) in [5, 5.41) is 0. The third-order valence-corrected chi connectivity index (χ3v) is 15.5. The second-order valence-corrected chi connectivity index (χ2v) is 23.4. The zero-order valence-electron chi connectivity index (χ0n) is 52.5. The summed E-state index contributed by atoms with van der Waals surface area (Å²) in [4.78, 5) is 38.4. The summed E-state index contributed by atoms with van der Waals surface area (Å²) >= 11 is 0. The van der Waals surface area contributed by atoms with Crippen molar-refractivity contribution in [2.75, 3.05) is 13.2 Å². The van der Waals surface area contributed by atoms with Crippen LogP contribution in [-0.4, -0.2) is 37.2 Å². The second-order valence-electron chi connectivity index (χ2n) is 23.4. The third kappa shape index (κ3) is 64.2. The summed E-state index contributed by atoms with van der Waals surface area (Å²) in [6, 6.07) is 0. The van der Waals surface area contributed by atoms with Gasteiger partial charge in [-0.15, -0.1) is 0 Å². The average molecular weight is 1090 g/mol. The van der Waals surface area contributed by atoms with Crippen LogP contribution in [0.25, 0.3) is 0 Å². The Labute approximate surface area is 486 Å². The molecule has 0 aliphatic heterocycles. The first kappa shape index (κ1) is 75.4. The molecule has 6 heteroatoms. The number of rotatable bonds is 64. The van der Waals surface area contributed by atoms with Gasteiger partial charge in [-0.25, -0.2) is 0 Å². The lowest BCUT2D eigenvalue weighted by atomic mass is 10.0. The molecule has 1 atom stereocenters. The Morgan fingerprint density at radius 3 is 0.744 bits per heavy atom. The van der Waals surface area contributed by atoms with E-state index in [1.807, 2.05) is 0 Å². The van der Waals surface area contributed by atoms with Gasteiger partial charge >= 0.3 is 17.9 Å². The van der Waals surface area contributed by atoms with Gasteiger partial charge in [0.2, 0.25) is 0 Å². The first-order chi connectivity index (χ1) is 38.5. The zero-order chi connectivity index (χ0) is 56.4. The Morgan fingerprint density at radius 2 is 0.462 bits per heavy atom. The zero-order valence-corrected chi connectivity index (χ0v) is 52.5. The van der Waals surface area contributed by atoms with Crippen molar-refractivity contribution in [1.82, 2.24) is 0 Å². The van der Waals surface area contributed by atoms with Gasteiger partial charge in [0.1, 0.15) is 13.2 Å². The Bertz CT molecular complexity index is 1350. The largest absolute Gasteiger partial charge is 0.462 e. The molecule has 1 unspecified atom stereocenters. The van der Waals surface area contributed by atoms with Crippen LogP contribution >= 0.6 is 0 Å². The van der Waals surface area contributed by atoms with Crippen LogP contribution in [0.3, 0.4) is 0 Å². The monoisotopic (exact) mass is 1090 g/mol. The van der Waals surface area contributed by atoms with Gasteiger partial charge in [-0.2, -0.15) is 0 Å². The lowest BCUT2D eigenvalue weighted by Gasteiger charge is -2.18. The molecular formula is C72H132O6. The van der Waals surface area contributed by atoms with E-state index in [4.69, 9.17) is 14.2 Å². The van der Waals surface area contributed by atoms with Crippen LogP contribution in [0.2, 0.25) is 0 Å². The van der Waals surface area contributed by atoms with Crippen molar-refractivity contribution in [1.29, 1.82) is 0 Å². The molecule has 78 heavy (non-hydrogen) atoms. The molecule has 0 aromatic carbocycles. The van der Waals surface area contributed by atoms with E-state index < -0.39 is 6.10 Å². The first-order valence-corrected chi connectivity index (χ1v) is 34.6. The molecule has 0 saturated carbocycles. The third-order valence-electron chi connectivity index (χ3n) is 15.5. The maximum absolute atomic E-state index is 12.9. The Morgan fingerprint density at radius 1 is 0.256 bits per heavy atom. The van der Waals surface area contributed by atoms with Crippen molar-refractivity contribution in [3.05, 3.63) is 48.6 Å². The van der Waals surface area contributed by atoms with E-state index in [0.29, 0.717) is 19.3 Å². The molecule has 0 aliphatic carbocycles. The van der Waals surface area contributed by atoms with Crippen LogP contribution < -0.4 is 0 Å². The van der Waals surface area contributed by atoms with Gasteiger partial charge < -0.3 is 14.2 Å². The SMILES string of the molecule is CCCCC/C=C\C/C=C\CCCCCCCCCCCC(=O)OC(COC(=O)CCCCCCC/C=C\CCCCCCCCC)COC(=O)CCCCCCCCCCCCCCC/C=C\CCCCCCCCCC. The van der Waals surface area contributed by atoms with Crippen LogP contribution in [-0.2, 0) is 28.6 Å². The van der Waals surface area contributed by atoms with Crippen LogP contribution in [0.1, 0.15) is 374 Å². The average Bonchev–Trinajstić information content (AvgIpc) is 3.44. The summed E-state index contributed by atoms with van der Waals surface area (Å²) in [6.45, 7) is 6.66. The Hall–Kier alpha value is -2.63. The van der Waals surface area contributed by atoms with Crippen molar-refractivity contribution in [2.24, 2.45) is 0 Å². The fourth-order valence-corrected chi connectivity index (χ4v) is 10.3. The smallest absolute Gasteiger partial charge is 0.306 e. The van der Waals surface area contributed by atoms with Gasteiger partial charge in [0.05, 0.1) is 0 Å². The highest BCUT2D eigenvalue weighted by Gasteiger charge is 2.19. The highest BCUT2D eigenvalue weighted by atomic mass is 16.6. The number of hydrogen-bond acceptors (Lipinski definition) is 6. The molecule has 0 heterocycles. The number of unbranched alkanes of at least 4 members (excludes halogenated alkanes) is 45. The van der Waals surface area contributed by atoms with E-state index >= 15 is 0 Å². The van der Waals surface area contributed by atoms with E-state index in [1.54, 1.807) is 0 Å². The summed E-state index contributed by atoms with van der Waals surface area (Å²) in [7, 11) is 0. The van der Waals surface area contributed by atoms with Crippen LogP contribution in [0.5, 0.6) is 0 Å². The highest BCUT2D eigenvalue weighted by Crippen LogP contribution is 2.17. The lowest BCUT2D eigenvalue weighted by molar-refractivity contribution is -0.167. The molecule has 0 aliphatic rings. The van der Waals surface area contributed by atoms with Gasteiger partial charge in [-0.3, -0.25) is 14.4 Å². The molecule has 0 saturated heterocycles. The Kier molecular flexibility index (Phi) is 64.6. The van der Waals surface area contributed by atoms with Crippen LogP contribution in [0.4, 0.5) is 0 Å². The predicted molar refractivity (Wildman–Crippen MR) is 339 cm³/mol. The number of allylic oxidation sites excluding steroid dienone is 8. The molecular weight excluding hydrogens is 961 g/mol. The van der Waals surface area contributed by atoms with Gasteiger partial charge in [0.15, 0.2) is 6.10 Å². The number of ether oxygens (including phenoxy) is 3. The second kappa shape index (κ2) is 66.9. The number of hydrogen-bond donors (Lipinski definition) is 0.